The van der Waals surface area contributed by atoms with Gasteiger partial charge in [-0.15, -0.1) is 10.2 Å². The van der Waals surface area contributed by atoms with E-state index in [2.05, 4.69) is 20.6 Å². The molecule has 0 saturated heterocycles. The second-order valence-corrected chi connectivity index (χ2v) is 8.69. The van der Waals surface area contributed by atoms with E-state index in [1.54, 1.807) is 22.9 Å². The first-order chi connectivity index (χ1) is 17.1. The number of amides is 1. The number of ether oxygens (including phenoxy) is 3. The van der Waals surface area contributed by atoms with Crippen molar-refractivity contribution in [2.75, 3.05) is 25.1 Å². The van der Waals surface area contributed by atoms with Gasteiger partial charge in [0.15, 0.2) is 17.3 Å². The number of benzene rings is 2. The lowest BCUT2D eigenvalue weighted by Crippen LogP contribution is -2.17. The molecule has 0 atom stereocenters. The second-order valence-electron chi connectivity index (χ2n) is 7.58. The van der Waals surface area contributed by atoms with Gasteiger partial charge in [-0.1, -0.05) is 30.0 Å². The predicted octanol–water partition coefficient (Wildman–Crippen LogP) is 4.54. The fraction of sp³-hybridized carbons (Fsp3) is 0.200. The number of fused-ring (bicyclic) bond motifs is 1. The van der Waals surface area contributed by atoms with Gasteiger partial charge < -0.3 is 19.5 Å². The van der Waals surface area contributed by atoms with Crippen LogP contribution in [0, 0.1) is 6.92 Å². The van der Waals surface area contributed by atoms with E-state index in [1.165, 1.54) is 18.0 Å². The Kier molecular flexibility index (Phi) is 6.53. The highest BCUT2D eigenvalue weighted by Gasteiger charge is 2.21. The number of hydrogen-bond donors (Lipinski definition) is 1. The van der Waals surface area contributed by atoms with E-state index in [-0.39, 0.29) is 5.91 Å². The summed E-state index contributed by atoms with van der Waals surface area (Å²) in [4.78, 5) is 15.2. The average Bonchev–Trinajstić information content (AvgIpc) is 3.27. The van der Waals surface area contributed by atoms with Crippen molar-refractivity contribution in [2.24, 2.45) is 0 Å². The molecule has 0 aliphatic carbocycles. The molecule has 0 fully saturated rings. The summed E-state index contributed by atoms with van der Waals surface area (Å²) in [7, 11) is 0. The molecule has 0 saturated carbocycles. The molecule has 3 heterocycles. The zero-order valence-electron chi connectivity index (χ0n) is 19.2. The summed E-state index contributed by atoms with van der Waals surface area (Å²) in [6.07, 6.45) is 1.52. The van der Waals surface area contributed by atoms with Crippen molar-refractivity contribution in [3.63, 3.8) is 0 Å². The van der Waals surface area contributed by atoms with Crippen LogP contribution in [0.15, 0.2) is 70.6 Å². The first kappa shape index (κ1) is 22.7. The number of rotatable bonds is 7. The van der Waals surface area contributed by atoms with E-state index in [9.17, 15) is 4.79 Å². The average molecular weight is 490 g/mol. The highest BCUT2D eigenvalue weighted by atomic mass is 32.2. The predicted molar refractivity (Wildman–Crippen MR) is 131 cm³/mol. The number of nitrogens with one attached hydrogen (secondary N) is 1. The SMILES string of the molecule is CCOc1ccc(-n2ncc(C(=O)Nc3cc4c(cc3Sc3ccccc3)OCCO4)c2C)nn1. The first-order valence-corrected chi connectivity index (χ1v) is 11.9. The Morgan fingerprint density at radius 2 is 1.86 bits per heavy atom. The minimum Gasteiger partial charge on any atom is -0.486 e. The van der Waals surface area contributed by atoms with E-state index in [4.69, 9.17) is 14.2 Å². The zero-order chi connectivity index (χ0) is 24.2. The van der Waals surface area contributed by atoms with Gasteiger partial charge in [0, 0.05) is 28.0 Å². The second kappa shape index (κ2) is 10.1. The van der Waals surface area contributed by atoms with E-state index < -0.39 is 0 Å². The molecule has 1 N–H and O–H groups in total. The van der Waals surface area contributed by atoms with Crippen LogP contribution in [0.2, 0.25) is 0 Å². The fourth-order valence-corrected chi connectivity index (χ4v) is 4.50. The van der Waals surface area contributed by atoms with Crippen LogP contribution in [0.1, 0.15) is 23.0 Å². The molecule has 35 heavy (non-hydrogen) atoms. The third kappa shape index (κ3) is 4.92. The van der Waals surface area contributed by atoms with Crippen LogP contribution in [-0.2, 0) is 0 Å². The van der Waals surface area contributed by atoms with Gasteiger partial charge in [-0.05, 0) is 32.0 Å². The van der Waals surface area contributed by atoms with Gasteiger partial charge in [0.2, 0.25) is 5.88 Å². The standard InChI is InChI=1S/C25H23N5O4S/c1-3-32-24-10-9-23(28-29-24)30-16(2)18(15-26-30)25(31)27-19-13-20-21(34-12-11-33-20)14-22(19)35-17-7-5-4-6-8-17/h4-10,13-15H,3,11-12H2,1-2H3,(H,27,31). The highest BCUT2D eigenvalue weighted by Crippen LogP contribution is 2.42. The number of anilines is 1. The summed E-state index contributed by atoms with van der Waals surface area (Å²) in [6, 6.07) is 17.1. The highest BCUT2D eigenvalue weighted by molar-refractivity contribution is 7.99. The molecular weight excluding hydrogens is 466 g/mol. The molecule has 0 spiro atoms. The molecule has 1 aliphatic rings. The topological polar surface area (TPSA) is 100 Å². The monoisotopic (exact) mass is 489 g/mol. The molecule has 2 aromatic carbocycles. The van der Waals surface area contributed by atoms with Crippen molar-refractivity contribution in [3.05, 3.63) is 72.1 Å². The van der Waals surface area contributed by atoms with Crippen LogP contribution >= 0.6 is 11.8 Å². The van der Waals surface area contributed by atoms with Crippen molar-refractivity contribution in [2.45, 2.75) is 23.6 Å². The Morgan fingerprint density at radius 1 is 1.09 bits per heavy atom. The normalized spacial score (nSPS) is 12.3. The van der Waals surface area contributed by atoms with Gasteiger partial charge in [0.25, 0.3) is 5.91 Å². The molecule has 2 aromatic heterocycles. The Labute approximate surface area is 206 Å². The van der Waals surface area contributed by atoms with Crippen LogP contribution in [0.5, 0.6) is 17.4 Å². The van der Waals surface area contributed by atoms with Crippen molar-refractivity contribution >= 4 is 23.4 Å². The van der Waals surface area contributed by atoms with Crippen molar-refractivity contribution in [1.82, 2.24) is 20.0 Å². The van der Waals surface area contributed by atoms with Gasteiger partial charge in [0.05, 0.1) is 29.7 Å². The van der Waals surface area contributed by atoms with Gasteiger partial charge >= 0.3 is 0 Å². The van der Waals surface area contributed by atoms with Crippen LogP contribution in [0.3, 0.4) is 0 Å². The number of carbonyl (C=O) groups excluding carboxylic acids is 1. The van der Waals surface area contributed by atoms with E-state index in [1.807, 2.05) is 50.2 Å². The molecule has 1 aliphatic heterocycles. The lowest BCUT2D eigenvalue weighted by atomic mass is 10.2. The Bertz CT molecular complexity index is 1340. The van der Waals surface area contributed by atoms with Gasteiger partial charge in [0.1, 0.15) is 13.2 Å². The molecule has 9 nitrogen and oxygen atoms in total. The Balaban J connectivity index is 1.42. The smallest absolute Gasteiger partial charge is 0.259 e. The number of nitrogens with zero attached hydrogens (tertiary/aromatic N) is 4. The summed E-state index contributed by atoms with van der Waals surface area (Å²) in [5, 5.41) is 15.6. The molecule has 0 bridgehead atoms. The Hall–Kier alpha value is -4.05. The number of carbonyl (C=O) groups is 1. The lowest BCUT2D eigenvalue weighted by molar-refractivity contribution is 0.102. The van der Waals surface area contributed by atoms with Gasteiger partial charge in [-0.25, -0.2) is 4.68 Å². The summed E-state index contributed by atoms with van der Waals surface area (Å²) in [6.45, 7) is 5.14. The van der Waals surface area contributed by atoms with Crippen molar-refractivity contribution in [3.8, 4) is 23.2 Å². The molecule has 10 heteroatoms. The van der Waals surface area contributed by atoms with Crippen LogP contribution < -0.4 is 19.5 Å². The maximum atomic E-state index is 13.3. The van der Waals surface area contributed by atoms with Gasteiger partial charge in [-0.2, -0.15) is 5.10 Å². The van der Waals surface area contributed by atoms with Gasteiger partial charge in [-0.3, -0.25) is 4.79 Å². The van der Waals surface area contributed by atoms with Crippen LogP contribution in [0.4, 0.5) is 5.69 Å². The quantitative estimate of drug-likeness (QED) is 0.404. The first-order valence-electron chi connectivity index (χ1n) is 11.1. The largest absolute Gasteiger partial charge is 0.486 e. The molecule has 0 unspecified atom stereocenters. The summed E-state index contributed by atoms with van der Waals surface area (Å²) < 4.78 is 18.4. The van der Waals surface area contributed by atoms with Crippen LogP contribution in [-0.4, -0.2) is 45.7 Å². The maximum Gasteiger partial charge on any atom is 0.259 e. The fourth-order valence-electron chi connectivity index (χ4n) is 3.57. The number of aromatic nitrogens is 4. The van der Waals surface area contributed by atoms with Crippen molar-refractivity contribution in [1.29, 1.82) is 0 Å². The zero-order valence-corrected chi connectivity index (χ0v) is 20.0. The molecule has 0 radical (unpaired) electrons. The van der Waals surface area contributed by atoms with Crippen LogP contribution in [0.25, 0.3) is 5.82 Å². The molecule has 5 rings (SSSR count). The Morgan fingerprint density at radius 3 is 2.57 bits per heavy atom. The molecular formula is C25H23N5O4S. The molecule has 178 valence electrons. The number of hydrogen-bond acceptors (Lipinski definition) is 8. The van der Waals surface area contributed by atoms with E-state index >= 15 is 0 Å². The third-order valence-electron chi connectivity index (χ3n) is 5.25. The minimum atomic E-state index is -0.292. The molecule has 4 aromatic rings. The summed E-state index contributed by atoms with van der Waals surface area (Å²) >= 11 is 1.53. The molecule has 1 amide bonds. The van der Waals surface area contributed by atoms with E-state index in [0.717, 1.165) is 9.79 Å². The lowest BCUT2D eigenvalue weighted by Gasteiger charge is -2.21. The maximum absolute atomic E-state index is 13.3. The summed E-state index contributed by atoms with van der Waals surface area (Å²) in [5.74, 6) is 1.89. The minimum absolute atomic E-state index is 0.292. The summed E-state index contributed by atoms with van der Waals surface area (Å²) in [5.41, 5.74) is 1.68. The third-order valence-corrected chi connectivity index (χ3v) is 6.32. The van der Waals surface area contributed by atoms with Crippen molar-refractivity contribution < 1.29 is 19.0 Å². The van der Waals surface area contributed by atoms with E-state index in [0.29, 0.717) is 60.0 Å².